The summed E-state index contributed by atoms with van der Waals surface area (Å²) < 4.78 is 2.01. The van der Waals surface area contributed by atoms with Crippen LogP contribution < -0.4 is 5.32 Å². The van der Waals surface area contributed by atoms with Gasteiger partial charge in [0.05, 0.1) is 11.9 Å². The highest BCUT2D eigenvalue weighted by Crippen LogP contribution is 2.09. The summed E-state index contributed by atoms with van der Waals surface area (Å²) in [6.07, 6.45) is 10.5. The molecule has 1 N–H and O–H groups in total. The molecule has 2 aromatic rings. The number of imidazole rings is 1. The van der Waals surface area contributed by atoms with E-state index in [2.05, 4.69) is 34.1 Å². The number of hydrogen-bond acceptors (Lipinski definition) is 4. The molecule has 0 aromatic carbocycles. The number of aromatic nitrogens is 4. The maximum Gasteiger partial charge on any atom is 0.156 e. The lowest BCUT2D eigenvalue weighted by Crippen LogP contribution is -2.16. The van der Waals surface area contributed by atoms with Gasteiger partial charge in [-0.15, -0.1) is 0 Å². The highest BCUT2D eigenvalue weighted by Gasteiger charge is 2.06. The maximum absolute atomic E-state index is 4.63. The molecule has 5 heteroatoms. The number of hydrogen-bond donors (Lipinski definition) is 1. The molecule has 0 aliphatic rings. The van der Waals surface area contributed by atoms with E-state index >= 15 is 0 Å². The molecule has 0 saturated heterocycles. The van der Waals surface area contributed by atoms with E-state index < -0.39 is 0 Å². The molecular formula is C14H21N5. The van der Waals surface area contributed by atoms with Gasteiger partial charge >= 0.3 is 0 Å². The molecule has 0 amide bonds. The molecule has 0 aliphatic heterocycles. The number of nitrogens with zero attached hydrogens (tertiary/aromatic N) is 4. The molecule has 0 atom stereocenters. The smallest absolute Gasteiger partial charge is 0.156 e. The summed E-state index contributed by atoms with van der Waals surface area (Å²) in [5.41, 5.74) is 0.960. The zero-order valence-electron chi connectivity index (χ0n) is 11.6. The lowest BCUT2D eigenvalue weighted by molar-refractivity contribution is 0.659. The summed E-state index contributed by atoms with van der Waals surface area (Å²) in [5, 5.41) is 3.34. The topological polar surface area (TPSA) is 55.6 Å². The fraction of sp³-hybridized carbons (Fsp3) is 0.500. The van der Waals surface area contributed by atoms with Gasteiger partial charge < -0.3 is 5.32 Å². The van der Waals surface area contributed by atoms with E-state index in [1.165, 1.54) is 0 Å². The van der Waals surface area contributed by atoms with E-state index in [0.29, 0.717) is 0 Å². The Morgan fingerprint density at radius 1 is 1.21 bits per heavy atom. The van der Waals surface area contributed by atoms with Gasteiger partial charge in [-0.05, 0) is 19.4 Å². The van der Waals surface area contributed by atoms with E-state index in [1.54, 1.807) is 6.20 Å². The van der Waals surface area contributed by atoms with Gasteiger partial charge in [-0.25, -0.2) is 9.97 Å². The summed E-state index contributed by atoms with van der Waals surface area (Å²) in [7, 11) is 0. The van der Waals surface area contributed by atoms with Crippen molar-refractivity contribution < 1.29 is 0 Å². The molecule has 0 bridgehead atoms. The molecule has 102 valence electrons. The first kappa shape index (κ1) is 13.7. The van der Waals surface area contributed by atoms with Gasteiger partial charge in [0.1, 0.15) is 5.82 Å². The molecule has 0 spiro atoms. The van der Waals surface area contributed by atoms with Crippen molar-refractivity contribution in [3.8, 4) is 5.82 Å². The highest BCUT2D eigenvalue weighted by molar-refractivity contribution is 5.22. The normalized spacial score (nSPS) is 10.8. The lowest BCUT2D eigenvalue weighted by atomic mass is 10.3. The minimum Gasteiger partial charge on any atom is -0.311 e. The van der Waals surface area contributed by atoms with Crippen LogP contribution in [0.15, 0.2) is 24.8 Å². The molecule has 0 aliphatic carbocycles. The predicted molar refractivity (Wildman–Crippen MR) is 75.1 cm³/mol. The predicted octanol–water partition coefficient (Wildman–Crippen LogP) is 2.11. The van der Waals surface area contributed by atoms with Crippen molar-refractivity contribution in [3.63, 3.8) is 0 Å². The van der Waals surface area contributed by atoms with E-state index in [1.807, 2.05) is 23.2 Å². The molecule has 2 heterocycles. The second-order valence-corrected chi connectivity index (χ2v) is 4.51. The highest BCUT2D eigenvalue weighted by atomic mass is 15.1. The number of aryl methyl sites for hydroxylation is 1. The molecule has 5 nitrogen and oxygen atoms in total. The van der Waals surface area contributed by atoms with Crippen LogP contribution in [0.5, 0.6) is 0 Å². The van der Waals surface area contributed by atoms with Crippen LogP contribution in [0.1, 0.15) is 38.2 Å². The molecule has 19 heavy (non-hydrogen) atoms. The van der Waals surface area contributed by atoms with Crippen molar-refractivity contribution in [2.75, 3.05) is 6.54 Å². The average molecular weight is 259 g/mol. The second kappa shape index (κ2) is 6.99. The fourth-order valence-corrected chi connectivity index (χ4v) is 1.94. The Bertz CT molecular complexity index is 506. The van der Waals surface area contributed by atoms with Crippen LogP contribution in [0, 0.1) is 0 Å². The Kier molecular flexibility index (Phi) is 5.03. The monoisotopic (exact) mass is 259 g/mol. The summed E-state index contributed by atoms with van der Waals surface area (Å²) in [5.74, 6) is 1.88. The van der Waals surface area contributed by atoms with Crippen molar-refractivity contribution in [2.45, 2.75) is 39.7 Å². The van der Waals surface area contributed by atoms with Crippen LogP contribution in [0.3, 0.4) is 0 Å². The van der Waals surface area contributed by atoms with Crippen molar-refractivity contribution in [1.29, 1.82) is 0 Å². The standard InChI is InChI=1S/C14H21N5/c1-3-5-13-17-7-8-19(13)14-11-16-10-12(18-14)9-15-6-4-2/h7-8,10-11,15H,3-6,9H2,1-2H3. The Balaban J connectivity index is 2.15. The third-order valence-electron chi connectivity index (χ3n) is 2.84. The third kappa shape index (κ3) is 3.61. The van der Waals surface area contributed by atoms with Crippen LogP contribution >= 0.6 is 0 Å². The summed E-state index contributed by atoms with van der Waals surface area (Å²) in [6.45, 7) is 6.05. The fourth-order valence-electron chi connectivity index (χ4n) is 1.94. The number of nitrogens with one attached hydrogen (secondary N) is 1. The van der Waals surface area contributed by atoms with Gasteiger partial charge in [0.25, 0.3) is 0 Å². The molecule has 0 fully saturated rings. The molecular weight excluding hydrogens is 238 g/mol. The first-order valence-corrected chi connectivity index (χ1v) is 6.89. The van der Waals surface area contributed by atoms with Gasteiger partial charge in [-0.2, -0.15) is 0 Å². The van der Waals surface area contributed by atoms with Gasteiger partial charge in [-0.1, -0.05) is 13.8 Å². The minimum absolute atomic E-state index is 0.756. The average Bonchev–Trinajstić information content (AvgIpc) is 2.88. The SMILES string of the molecule is CCCNCc1cncc(-n2ccnc2CCC)n1. The van der Waals surface area contributed by atoms with Crippen molar-refractivity contribution in [2.24, 2.45) is 0 Å². The Labute approximate surface area is 114 Å². The summed E-state index contributed by atoms with van der Waals surface area (Å²) >= 11 is 0. The molecule has 2 aromatic heterocycles. The Morgan fingerprint density at radius 3 is 2.89 bits per heavy atom. The quantitative estimate of drug-likeness (QED) is 0.774. The van der Waals surface area contributed by atoms with E-state index in [9.17, 15) is 0 Å². The van der Waals surface area contributed by atoms with Gasteiger partial charge in [0.2, 0.25) is 0 Å². The number of rotatable bonds is 7. The molecule has 0 radical (unpaired) electrons. The van der Waals surface area contributed by atoms with Gasteiger partial charge in [-0.3, -0.25) is 9.55 Å². The summed E-state index contributed by atoms with van der Waals surface area (Å²) in [4.78, 5) is 13.3. The first-order chi connectivity index (χ1) is 9.35. The van der Waals surface area contributed by atoms with E-state index in [4.69, 9.17) is 0 Å². The van der Waals surface area contributed by atoms with Crippen molar-refractivity contribution in [3.05, 3.63) is 36.3 Å². The second-order valence-electron chi connectivity index (χ2n) is 4.51. The Hall–Kier alpha value is -1.75. The first-order valence-electron chi connectivity index (χ1n) is 6.89. The molecule has 0 unspecified atom stereocenters. The third-order valence-corrected chi connectivity index (χ3v) is 2.84. The van der Waals surface area contributed by atoms with E-state index in [-0.39, 0.29) is 0 Å². The zero-order valence-corrected chi connectivity index (χ0v) is 11.6. The van der Waals surface area contributed by atoms with Gasteiger partial charge in [0, 0.05) is 31.6 Å². The summed E-state index contributed by atoms with van der Waals surface area (Å²) in [6, 6.07) is 0. The minimum atomic E-state index is 0.756. The van der Waals surface area contributed by atoms with Crippen molar-refractivity contribution >= 4 is 0 Å². The molecule has 0 saturated carbocycles. The zero-order chi connectivity index (χ0) is 13.5. The largest absolute Gasteiger partial charge is 0.311 e. The molecule has 2 rings (SSSR count). The lowest BCUT2D eigenvalue weighted by Gasteiger charge is -2.08. The van der Waals surface area contributed by atoms with Crippen LogP contribution in [0.2, 0.25) is 0 Å². The van der Waals surface area contributed by atoms with Crippen molar-refractivity contribution in [1.82, 2.24) is 24.8 Å². The Morgan fingerprint density at radius 2 is 2.11 bits per heavy atom. The van der Waals surface area contributed by atoms with Crippen LogP contribution in [-0.2, 0) is 13.0 Å². The van der Waals surface area contributed by atoms with Crippen LogP contribution in [-0.4, -0.2) is 26.1 Å². The van der Waals surface area contributed by atoms with Crippen LogP contribution in [0.4, 0.5) is 0 Å². The van der Waals surface area contributed by atoms with E-state index in [0.717, 1.165) is 49.7 Å². The van der Waals surface area contributed by atoms with Gasteiger partial charge in [0.15, 0.2) is 5.82 Å². The maximum atomic E-state index is 4.63. The van der Waals surface area contributed by atoms with Crippen LogP contribution in [0.25, 0.3) is 5.82 Å².